The summed E-state index contributed by atoms with van der Waals surface area (Å²) in [6, 6.07) is 14.7. The van der Waals surface area contributed by atoms with Gasteiger partial charge >= 0.3 is 6.01 Å². The highest BCUT2D eigenvalue weighted by Gasteiger charge is 2.40. The van der Waals surface area contributed by atoms with E-state index in [1.54, 1.807) is 6.21 Å². The fourth-order valence-corrected chi connectivity index (χ4v) is 2.90. The smallest absolute Gasteiger partial charge is 0.393 e. The van der Waals surface area contributed by atoms with Crippen molar-refractivity contribution in [2.75, 3.05) is 0 Å². The SMILES string of the molecule is Cc1ccc([N+]2(c3nc4ccccc4o3)C=CC=N2)c(C)c1. The van der Waals surface area contributed by atoms with Crippen LogP contribution in [0.2, 0.25) is 0 Å². The molecule has 0 radical (unpaired) electrons. The second-order valence-electron chi connectivity index (χ2n) is 5.55. The Labute approximate surface area is 128 Å². The minimum atomic E-state index is 0.140. The number of para-hydroxylation sites is 2. The molecule has 0 amide bonds. The number of fused-ring (bicyclic) bond motifs is 1. The highest BCUT2D eigenvalue weighted by atomic mass is 16.4. The molecule has 4 rings (SSSR count). The van der Waals surface area contributed by atoms with Crippen LogP contribution in [0.4, 0.5) is 11.7 Å². The Morgan fingerprint density at radius 2 is 1.91 bits per heavy atom. The van der Waals surface area contributed by atoms with Crippen molar-refractivity contribution >= 4 is 29.0 Å². The second kappa shape index (κ2) is 4.64. The topological polar surface area (TPSA) is 38.4 Å². The Morgan fingerprint density at radius 3 is 2.64 bits per heavy atom. The van der Waals surface area contributed by atoms with Gasteiger partial charge in [-0.15, -0.1) is 0 Å². The van der Waals surface area contributed by atoms with Crippen molar-refractivity contribution in [3.8, 4) is 0 Å². The molecule has 0 fully saturated rings. The van der Waals surface area contributed by atoms with Crippen LogP contribution in [0.5, 0.6) is 0 Å². The Kier molecular flexibility index (Phi) is 2.74. The molecule has 22 heavy (non-hydrogen) atoms. The van der Waals surface area contributed by atoms with E-state index in [9.17, 15) is 0 Å². The van der Waals surface area contributed by atoms with Crippen molar-refractivity contribution in [2.24, 2.45) is 5.10 Å². The summed E-state index contributed by atoms with van der Waals surface area (Å²) in [6.45, 7) is 4.18. The van der Waals surface area contributed by atoms with Crippen molar-refractivity contribution < 1.29 is 4.42 Å². The number of nitrogens with zero attached hydrogens (tertiary/aromatic N) is 3. The standard InChI is InChI=1S/C18H16N3O/c1-13-8-9-16(14(2)12-13)21(11-5-10-19-21)18-20-15-6-3-4-7-17(15)22-18/h3-12H,1-2H3/q+1. The quantitative estimate of drug-likeness (QED) is 0.647. The minimum absolute atomic E-state index is 0.140. The lowest BCUT2D eigenvalue weighted by atomic mass is 10.1. The third-order valence-electron chi connectivity index (χ3n) is 3.93. The van der Waals surface area contributed by atoms with Crippen molar-refractivity contribution in [3.63, 3.8) is 0 Å². The molecule has 0 spiro atoms. The Bertz CT molecular complexity index is 876. The average molecular weight is 290 g/mol. The van der Waals surface area contributed by atoms with Crippen LogP contribution >= 0.6 is 0 Å². The summed E-state index contributed by atoms with van der Waals surface area (Å²) >= 11 is 0. The number of oxazole rings is 1. The highest BCUT2D eigenvalue weighted by Crippen LogP contribution is 2.40. The maximum absolute atomic E-state index is 5.99. The van der Waals surface area contributed by atoms with Crippen molar-refractivity contribution in [2.45, 2.75) is 13.8 Å². The van der Waals surface area contributed by atoms with E-state index in [0.717, 1.165) is 22.4 Å². The van der Waals surface area contributed by atoms with Crippen molar-refractivity contribution in [3.05, 3.63) is 65.9 Å². The molecule has 0 N–H and O–H groups in total. The predicted octanol–water partition coefficient (Wildman–Crippen LogP) is 4.60. The van der Waals surface area contributed by atoms with Gasteiger partial charge in [-0.25, -0.2) is 0 Å². The van der Waals surface area contributed by atoms with E-state index in [4.69, 9.17) is 4.42 Å². The van der Waals surface area contributed by atoms with Crippen LogP contribution in [0, 0.1) is 13.8 Å². The van der Waals surface area contributed by atoms with Gasteiger partial charge in [-0.2, -0.15) is 4.98 Å². The summed E-state index contributed by atoms with van der Waals surface area (Å²) in [4.78, 5) is 4.65. The van der Waals surface area contributed by atoms with Crippen molar-refractivity contribution in [1.82, 2.24) is 9.58 Å². The molecule has 1 aliphatic rings. The van der Waals surface area contributed by atoms with E-state index in [1.807, 2.05) is 36.5 Å². The lowest BCUT2D eigenvalue weighted by Crippen LogP contribution is -2.31. The molecule has 1 aromatic heterocycles. The molecule has 4 nitrogen and oxygen atoms in total. The molecular formula is C18H16N3O+. The van der Waals surface area contributed by atoms with Crippen LogP contribution in [0.25, 0.3) is 11.1 Å². The number of quaternary nitrogens is 1. The zero-order chi connectivity index (χ0) is 15.2. The normalized spacial score (nSPS) is 20.1. The number of aromatic nitrogens is 1. The summed E-state index contributed by atoms with van der Waals surface area (Å²) in [7, 11) is 0. The Morgan fingerprint density at radius 1 is 1.05 bits per heavy atom. The first kappa shape index (κ1) is 13.0. The van der Waals surface area contributed by atoms with Gasteiger partial charge in [0.05, 0.1) is 6.21 Å². The molecule has 1 unspecified atom stereocenters. The van der Waals surface area contributed by atoms with Crippen LogP contribution in [-0.2, 0) is 0 Å². The summed E-state index contributed by atoms with van der Waals surface area (Å²) in [5.74, 6) is 0. The molecule has 1 atom stereocenters. The molecule has 0 aliphatic carbocycles. The van der Waals surface area contributed by atoms with Crippen LogP contribution in [0.3, 0.4) is 0 Å². The largest absolute Gasteiger partial charge is 0.442 e. The number of hydrogen-bond donors (Lipinski definition) is 0. The zero-order valence-corrected chi connectivity index (χ0v) is 12.5. The Hall–Kier alpha value is -2.72. The molecule has 0 bridgehead atoms. The van der Waals surface area contributed by atoms with Gasteiger partial charge in [0.15, 0.2) is 11.3 Å². The molecular weight excluding hydrogens is 274 g/mol. The van der Waals surface area contributed by atoms with Gasteiger partial charge in [-0.1, -0.05) is 39.5 Å². The maximum Gasteiger partial charge on any atom is 0.442 e. The molecule has 2 aromatic carbocycles. The van der Waals surface area contributed by atoms with Gasteiger partial charge in [0, 0.05) is 17.7 Å². The third kappa shape index (κ3) is 1.81. The number of allylic oxidation sites excluding steroid dienone is 1. The number of rotatable bonds is 2. The molecule has 0 saturated heterocycles. The van der Waals surface area contributed by atoms with E-state index in [2.05, 4.69) is 42.1 Å². The van der Waals surface area contributed by atoms with Gasteiger partial charge in [-0.3, -0.25) is 0 Å². The lowest BCUT2D eigenvalue weighted by Gasteiger charge is -2.22. The van der Waals surface area contributed by atoms with Crippen LogP contribution in [-0.4, -0.2) is 11.2 Å². The van der Waals surface area contributed by atoms with Gasteiger partial charge in [0.25, 0.3) is 0 Å². The maximum atomic E-state index is 5.99. The highest BCUT2D eigenvalue weighted by molar-refractivity contribution is 5.80. The van der Waals surface area contributed by atoms with Gasteiger partial charge in [-0.05, 0) is 26.0 Å². The fourth-order valence-electron chi connectivity index (χ4n) is 2.90. The van der Waals surface area contributed by atoms with Gasteiger partial charge in [0.1, 0.15) is 11.7 Å². The molecule has 3 aromatic rings. The summed E-state index contributed by atoms with van der Waals surface area (Å²) < 4.78 is 6.13. The summed E-state index contributed by atoms with van der Waals surface area (Å²) in [5, 5.41) is 4.64. The predicted molar refractivity (Wildman–Crippen MR) is 89.0 cm³/mol. The molecule has 2 heterocycles. The van der Waals surface area contributed by atoms with E-state index in [1.165, 1.54) is 5.56 Å². The summed E-state index contributed by atoms with van der Waals surface area (Å²) in [6.07, 6.45) is 5.70. The van der Waals surface area contributed by atoms with Crippen LogP contribution in [0.1, 0.15) is 11.1 Å². The first-order valence-electron chi connectivity index (χ1n) is 7.25. The number of hydrogen-bond acceptors (Lipinski definition) is 3. The molecule has 108 valence electrons. The molecule has 4 heteroatoms. The monoisotopic (exact) mass is 290 g/mol. The third-order valence-corrected chi connectivity index (χ3v) is 3.93. The van der Waals surface area contributed by atoms with E-state index >= 15 is 0 Å². The number of benzene rings is 2. The van der Waals surface area contributed by atoms with Crippen molar-refractivity contribution in [1.29, 1.82) is 0 Å². The lowest BCUT2D eigenvalue weighted by molar-refractivity contribution is 0.422. The molecule has 1 aliphatic heterocycles. The van der Waals surface area contributed by atoms with E-state index < -0.39 is 0 Å². The van der Waals surface area contributed by atoms with Gasteiger partial charge in [0.2, 0.25) is 0 Å². The van der Waals surface area contributed by atoms with E-state index in [-0.39, 0.29) is 4.59 Å². The fraction of sp³-hybridized carbons (Fsp3) is 0.111. The first-order chi connectivity index (χ1) is 10.7. The van der Waals surface area contributed by atoms with Crippen LogP contribution in [0.15, 0.2) is 64.3 Å². The second-order valence-corrected chi connectivity index (χ2v) is 5.55. The average Bonchev–Trinajstić information content (AvgIpc) is 3.14. The molecule has 0 saturated carbocycles. The first-order valence-corrected chi connectivity index (χ1v) is 7.25. The van der Waals surface area contributed by atoms with E-state index in [0.29, 0.717) is 6.01 Å². The number of aryl methyl sites for hydroxylation is 2. The Balaban J connectivity index is 1.97. The summed E-state index contributed by atoms with van der Waals surface area (Å²) in [5.41, 5.74) is 5.04. The zero-order valence-electron chi connectivity index (χ0n) is 12.5. The van der Waals surface area contributed by atoms with Gasteiger partial charge < -0.3 is 4.42 Å². The minimum Gasteiger partial charge on any atom is -0.393 e. The van der Waals surface area contributed by atoms with Crippen LogP contribution < -0.4 is 4.59 Å².